The lowest BCUT2D eigenvalue weighted by molar-refractivity contribution is 0.180. The molecule has 0 aromatic carbocycles. The molecule has 0 unspecified atom stereocenters. The van der Waals surface area contributed by atoms with E-state index in [4.69, 9.17) is 12.7 Å². The normalized spacial score (nSPS) is 11.9. The van der Waals surface area contributed by atoms with Gasteiger partial charge in [0.1, 0.15) is 0 Å². The first-order valence-electron chi connectivity index (χ1n) is 5.41. The maximum Gasteiger partial charge on any atom is 0.283 e. The molecule has 0 aliphatic heterocycles. The summed E-state index contributed by atoms with van der Waals surface area (Å²) in [6.45, 7) is 8.93. The summed E-state index contributed by atoms with van der Waals surface area (Å²) in [6, 6.07) is 0. The van der Waals surface area contributed by atoms with Crippen LogP contribution in [0.3, 0.4) is 0 Å². The molecule has 2 heteroatoms. The van der Waals surface area contributed by atoms with Crippen molar-refractivity contribution in [1.29, 1.82) is 0 Å². The van der Waals surface area contributed by atoms with E-state index in [0.717, 1.165) is 24.7 Å². The van der Waals surface area contributed by atoms with Gasteiger partial charge in [-0.25, -0.2) is 0 Å². The van der Waals surface area contributed by atoms with Crippen molar-refractivity contribution in [2.24, 2.45) is 11.8 Å². The lowest BCUT2D eigenvalue weighted by Gasteiger charge is -2.18. The summed E-state index contributed by atoms with van der Waals surface area (Å²) in [5.74, 6) is 1.49. The minimum atomic E-state index is 0.268. The monoisotopic (exact) mass is 182 g/mol. The van der Waals surface area contributed by atoms with E-state index in [-0.39, 0.29) is 6.10 Å². The largest absolute Gasteiger partial charge is 0.445 e. The van der Waals surface area contributed by atoms with Crippen molar-refractivity contribution in [1.82, 2.24) is 0 Å². The van der Waals surface area contributed by atoms with Crippen molar-refractivity contribution in [2.45, 2.75) is 59.5 Å². The Hall–Kier alpha value is 0.0249. The first-order chi connectivity index (χ1) is 6.06. The number of hydrogen-bond acceptors (Lipinski definition) is 1. The van der Waals surface area contributed by atoms with Crippen LogP contribution in [0.2, 0.25) is 0 Å². The van der Waals surface area contributed by atoms with Gasteiger partial charge in [-0.3, -0.25) is 0 Å². The summed E-state index contributed by atoms with van der Waals surface area (Å²) in [5.41, 5.74) is 0. The van der Waals surface area contributed by atoms with Crippen LogP contribution in [0, 0.1) is 11.8 Å². The van der Waals surface area contributed by atoms with Crippen molar-refractivity contribution in [3.63, 3.8) is 0 Å². The smallest absolute Gasteiger partial charge is 0.283 e. The molecule has 0 saturated heterocycles. The molecule has 0 aliphatic carbocycles. The van der Waals surface area contributed by atoms with Crippen molar-refractivity contribution < 1.29 is 4.65 Å². The van der Waals surface area contributed by atoms with E-state index in [1.807, 2.05) is 0 Å². The molecule has 0 aromatic heterocycles. The number of hydrogen-bond donors (Lipinski definition) is 0. The van der Waals surface area contributed by atoms with Gasteiger partial charge in [0, 0.05) is 6.10 Å². The second-order valence-corrected chi connectivity index (χ2v) is 4.70. The van der Waals surface area contributed by atoms with Crippen LogP contribution >= 0.6 is 0 Å². The van der Waals surface area contributed by atoms with E-state index in [0.29, 0.717) is 0 Å². The van der Waals surface area contributed by atoms with E-state index < -0.39 is 0 Å². The summed E-state index contributed by atoms with van der Waals surface area (Å²) in [4.78, 5) is 0. The first-order valence-corrected chi connectivity index (χ1v) is 5.41. The SMILES string of the molecule is [B]OC(CCC(C)C)CCC(C)C. The van der Waals surface area contributed by atoms with Gasteiger partial charge in [0.15, 0.2) is 0 Å². The van der Waals surface area contributed by atoms with Crippen LogP contribution in [-0.2, 0) is 4.65 Å². The minimum Gasteiger partial charge on any atom is -0.445 e. The topological polar surface area (TPSA) is 9.23 Å². The van der Waals surface area contributed by atoms with E-state index >= 15 is 0 Å². The summed E-state index contributed by atoms with van der Waals surface area (Å²) < 4.78 is 4.95. The van der Waals surface area contributed by atoms with Crippen molar-refractivity contribution in [3.05, 3.63) is 0 Å². The highest BCUT2D eigenvalue weighted by Crippen LogP contribution is 2.15. The quantitative estimate of drug-likeness (QED) is 0.548. The molecule has 13 heavy (non-hydrogen) atoms. The second kappa shape index (κ2) is 7.43. The van der Waals surface area contributed by atoms with Crippen LogP contribution < -0.4 is 0 Å². The van der Waals surface area contributed by atoms with Crippen LogP contribution in [-0.4, -0.2) is 14.2 Å². The van der Waals surface area contributed by atoms with Crippen LogP contribution in [0.25, 0.3) is 0 Å². The maximum absolute atomic E-state index is 5.25. The van der Waals surface area contributed by atoms with Crippen LogP contribution in [0.5, 0.6) is 0 Å². The molecule has 0 aliphatic rings. The average Bonchev–Trinajstić information content (AvgIpc) is 2.04. The molecular formula is C11H23BO. The Balaban J connectivity index is 3.51. The molecule has 0 rings (SSSR count). The molecule has 0 atom stereocenters. The molecule has 0 amide bonds. The zero-order chi connectivity index (χ0) is 10.3. The fourth-order valence-corrected chi connectivity index (χ4v) is 1.32. The van der Waals surface area contributed by atoms with Crippen molar-refractivity contribution >= 4 is 8.05 Å². The molecule has 1 nitrogen and oxygen atoms in total. The van der Waals surface area contributed by atoms with Crippen molar-refractivity contribution in [3.8, 4) is 0 Å². The Morgan fingerprint density at radius 3 is 1.46 bits per heavy atom. The Labute approximate surface area is 84.7 Å². The lowest BCUT2D eigenvalue weighted by atomic mass is 9.98. The molecule has 0 saturated carbocycles. The molecule has 0 fully saturated rings. The minimum absolute atomic E-state index is 0.268. The Morgan fingerprint density at radius 1 is 0.846 bits per heavy atom. The number of rotatable bonds is 7. The summed E-state index contributed by atoms with van der Waals surface area (Å²) in [5, 5.41) is 0. The van der Waals surface area contributed by atoms with Gasteiger partial charge in [0.25, 0.3) is 8.05 Å². The summed E-state index contributed by atoms with van der Waals surface area (Å²) >= 11 is 0. The van der Waals surface area contributed by atoms with Gasteiger partial charge in [0.05, 0.1) is 0 Å². The summed E-state index contributed by atoms with van der Waals surface area (Å²) in [7, 11) is 5.25. The molecule has 0 spiro atoms. The molecule has 0 bridgehead atoms. The van der Waals surface area contributed by atoms with E-state index in [1.54, 1.807) is 0 Å². The van der Waals surface area contributed by atoms with Crippen LogP contribution in [0.4, 0.5) is 0 Å². The summed E-state index contributed by atoms with van der Waals surface area (Å²) in [6.07, 6.45) is 4.88. The molecule has 76 valence electrons. The van der Waals surface area contributed by atoms with Gasteiger partial charge in [-0.15, -0.1) is 0 Å². The highest BCUT2D eigenvalue weighted by atomic mass is 16.4. The van der Waals surface area contributed by atoms with Crippen molar-refractivity contribution in [2.75, 3.05) is 0 Å². The molecule has 0 aromatic rings. The van der Waals surface area contributed by atoms with Gasteiger partial charge in [-0.1, -0.05) is 27.7 Å². The third-order valence-electron chi connectivity index (χ3n) is 2.32. The first kappa shape index (κ1) is 13.0. The van der Waals surface area contributed by atoms with Gasteiger partial charge >= 0.3 is 0 Å². The van der Waals surface area contributed by atoms with Gasteiger partial charge < -0.3 is 4.65 Å². The molecule has 0 heterocycles. The van der Waals surface area contributed by atoms with Gasteiger partial charge in [-0.05, 0) is 37.5 Å². The Bertz CT molecular complexity index is 101. The van der Waals surface area contributed by atoms with Crippen LogP contribution in [0.15, 0.2) is 0 Å². The van der Waals surface area contributed by atoms with E-state index in [2.05, 4.69) is 27.7 Å². The second-order valence-electron chi connectivity index (χ2n) is 4.70. The predicted octanol–water partition coefficient (Wildman–Crippen LogP) is 3.33. The maximum atomic E-state index is 5.25. The molecular weight excluding hydrogens is 159 g/mol. The highest BCUT2D eigenvalue weighted by molar-refractivity contribution is 5.98. The lowest BCUT2D eigenvalue weighted by Crippen LogP contribution is -2.13. The van der Waals surface area contributed by atoms with Gasteiger partial charge in [0.2, 0.25) is 0 Å². The standard InChI is InChI=1S/C11H23BO/c1-9(2)5-7-11(13-12)8-6-10(3)4/h9-11H,5-8H2,1-4H3. The third kappa shape index (κ3) is 8.36. The molecule has 2 radical (unpaired) electrons. The highest BCUT2D eigenvalue weighted by Gasteiger charge is 2.08. The van der Waals surface area contributed by atoms with Gasteiger partial charge in [-0.2, -0.15) is 0 Å². The van der Waals surface area contributed by atoms with E-state index in [9.17, 15) is 0 Å². The van der Waals surface area contributed by atoms with Crippen LogP contribution in [0.1, 0.15) is 53.4 Å². The third-order valence-corrected chi connectivity index (χ3v) is 2.32. The Kier molecular flexibility index (Phi) is 7.45. The van der Waals surface area contributed by atoms with E-state index in [1.165, 1.54) is 12.8 Å². The Morgan fingerprint density at radius 2 is 1.23 bits per heavy atom. The average molecular weight is 182 g/mol. The molecule has 0 N–H and O–H groups in total. The zero-order valence-corrected chi connectivity index (χ0v) is 9.55. The fourth-order valence-electron chi connectivity index (χ4n) is 1.32. The predicted molar refractivity (Wildman–Crippen MR) is 58.8 cm³/mol. The zero-order valence-electron chi connectivity index (χ0n) is 9.55. The fraction of sp³-hybridized carbons (Fsp3) is 1.00.